The molecule has 150 valence electrons. The Bertz CT molecular complexity index is 846. The van der Waals surface area contributed by atoms with E-state index in [0.29, 0.717) is 5.91 Å². The SMILES string of the molecule is O=C1CC[C@]2(CCCN(c3ncnc4ccsc34)CC2)N1CC1CCCCC1. The molecule has 4 heterocycles. The van der Waals surface area contributed by atoms with Gasteiger partial charge in [0.2, 0.25) is 5.91 Å². The van der Waals surface area contributed by atoms with E-state index >= 15 is 0 Å². The Kier molecular flexibility index (Phi) is 4.99. The minimum atomic E-state index is 0.0882. The Morgan fingerprint density at radius 1 is 1.07 bits per heavy atom. The van der Waals surface area contributed by atoms with Crippen LogP contribution in [0.1, 0.15) is 64.2 Å². The van der Waals surface area contributed by atoms with Crippen molar-refractivity contribution >= 4 is 33.3 Å². The van der Waals surface area contributed by atoms with Gasteiger partial charge in [-0.25, -0.2) is 9.97 Å². The van der Waals surface area contributed by atoms with E-state index in [9.17, 15) is 4.79 Å². The molecule has 6 heteroatoms. The van der Waals surface area contributed by atoms with Crippen LogP contribution in [-0.2, 0) is 4.79 Å². The number of anilines is 1. The molecule has 1 spiro atoms. The molecule has 2 aromatic heterocycles. The van der Waals surface area contributed by atoms with Gasteiger partial charge in [0, 0.05) is 31.6 Å². The number of hydrogen-bond donors (Lipinski definition) is 0. The second-order valence-electron chi connectivity index (χ2n) is 8.91. The quantitative estimate of drug-likeness (QED) is 0.757. The van der Waals surface area contributed by atoms with Crippen LogP contribution in [0.2, 0.25) is 0 Å². The standard InChI is InChI=1S/C22H30N4OS/c27-19-7-10-22(26(19)15-17-5-2-1-3-6-17)9-4-12-25(13-11-22)21-20-18(8-14-28-20)23-16-24-21/h8,14,16-17H,1-7,9-13,15H2/t22-/m0/s1. The van der Waals surface area contributed by atoms with Gasteiger partial charge < -0.3 is 9.80 Å². The van der Waals surface area contributed by atoms with Crippen molar-refractivity contribution in [2.75, 3.05) is 24.5 Å². The minimum Gasteiger partial charge on any atom is -0.355 e. The van der Waals surface area contributed by atoms with Gasteiger partial charge in [0.1, 0.15) is 12.1 Å². The van der Waals surface area contributed by atoms with Crippen LogP contribution in [0.3, 0.4) is 0 Å². The summed E-state index contributed by atoms with van der Waals surface area (Å²) in [6.07, 6.45) is 13.5. The number of hydrogen-bond acceptors (Lipinski definition) is 5. The molecule has 1 aliphatic carbocycles. The molecule has 2 aromatic rings. The summed E-state index contributed by atoms with van der Waals surface area (Å²) in [5.41, 5.74) is 1.13. The summed E-state index contributed by atoms with van der Waals surface area (Å²) in [7, 11) is 0. The molecule has 1 amide bonds. The zero-order chi connectivity index (χ0) is 19.0. The highest BCUT2D eigenvalue weighted by molar-refractivity contribution is 7.17. The number of likely N-dealkylation sites (tertiary alicyclic amines) is 1. The van der Waals surface area contributed by atoms with E-state index in [2.05, 4.69) is 31.2 Å². The number of carbonyl (C=O) groups excluding carboxylic acids is 1. The first kappa shape index (κ1) is 18.3. The third-order valence-corrected chi connectivity index (χ3v) is 8.18. The molecule has 0 unspecified atom stereocenters. The molecule has 3 fully saturated rings. The summed E-state index contributed by atoms with van der Waals surface area (Å²) in [6, 6.07) is 2.08. The third kappa shape index (κ3) is 3.30. The molecular formula is C22H30N4OS. The number of rotatable bonds is 3. The van der Waals surface area contributed by atoms with Crippen molar-refractivity contribution in [3.63, 3.8) is 0 Å². The van der Waals surface area contributed by atoms with Crippen LogP contribution in [0, 0.1) is 5.92 Å². The molecule has 28 heavy (non-hydrogen) atoms. The lowest BCUT2D eigenvalue weighted by Crippen LogP contribution is -2.48. The molecular weight excluding hydrogens is 368 g/mol. The van der Waals surface area contributed by atoms with Gasteiger partial charge in [0.15, 0.2) is 0 Å². The van der Waals surface area contributed by atoms with Gasteiger partial charge in [-0.15, -0.1) is 11.3 Å². The Balaban J connectivity index is 1.35. The van der Waals surface area contributed by atoms with Crippen LogP contribution in [0.25, 0.3) is 10.2 Å². The van der Waals surface area contributed by atoms with Crippen LogP contribution >= 0.6 is 11.3 Å². The fourth-order valence-electron chi connectivity index (χ4n) is 5.71. The van der Waals surface area contributed by atoms with Gasteiger partial charge >= 0.3 is 0 Å². The van der Waals surface area contributed by atoms with Gasteiger partial charge in [0.25, 0.3) is 0 Å². The summed E-state index contributed by atoms with van der Waals surface area (Å²) < 4.78 is 1.19. The van der Waals surface area contributed by atoms with Crippen molar-refractivity contribution in [1.82, 2.24) is 14.9 Å². The third-order valence-electron chi connectivity index (χ3n) is 7.28. The molecule has 0 bridgehead atoms. The van der Waals surface area contributed by atoms with E-state index in [1.807, 2.05) is 0 Å². The van der Waals surface area contributed by atoms with Crippen molar-refractivity contribution in [2.45, 2.75) is 69.7 Å². The predicted octanol–water partition coefficient (Wildman–Crippen LogP) is 4.62. The molecule has 5 nitrogen and oxygen atoms in total. The first-order valence-electron chi connectivity index (χ1n) is 11.0. The second kappa shape index (κ2) is 7.62. The predicted molar refractivity (Wildman–Crippen MR) is 114 cm³/mol. The zero-order valence-corrected chi connectivity index (χ0v) is 17.4. The van der Waals surface area contributed by atoms with E-state index in [-0.39, 0.29) is 5.54 Å². The normalized spacial score (nSPS) is 27.1. The summed E-state index contributed by atoms with van der Waals surface area (Å²) >= 11 is 1.73. The number of thiophene rings is 1. The fourth-order valence-corrected chi connectivity index (χ4v) is 6.57. The number of carbonyl (C=O) groups is 1. The van der Waals surface area contributed by atoms with Crippen LogP contribution < -0.4 is 4.90 Å². The molecule has 1 saturated carbocycles. The first-order valence-corrected chi connectivity index (χ1v) is 11.9. The van der Waals surface area contributed by atoms with Crippen molar-refractivity contribution in [3.05, 3.63) is 17.8 Å². The lowest BCUT2D eigenvalue weighted by atomic mass is 9.84. The van der Waals surface area contributed by atoms with Crippen molar-refractivity contribution in [1.29, 1.82) is 0 Å². The molecule has 0 radical (unpaired) electrons. The van der Waals surface area contributed by atoms with E-state index in [4.69, 9.17) is 0 Å². The second-order valence-corrected chi connectivity index (χ2v) is 9.82. The van der Waals surface area contributed by atoms with E-state index in [1.165, 1.54) is 36.8 Å². The van der Waals surface area contributed by atoms with Gasteiger partial charge in [-0.3, -0.25) is 4.79 Å². The maximum absolute atomic E-state index is 12.8. The summed E-state index contributed by atoms with van der Waals surface area (Å²) in [4.78, 5) is 26.6. The van der Waals surface area contributed by atoms with Crippen molar-refractivity contribution in [2.24, 2.45) is 5.92 Å². The topological polar surface area (TPSA) is 49.3 Å². The average Bonchev–Trinajstić information content (AvgIpc) is 3.25. The highest BCUT2D eigenvalue weighted by Gasteiger charge is 2.46. The van der Waals surface area contributed by atoms with Gasteiger partial charge in [-0.1, -0.05) is 19.3 Å². The zero-order valence-electron chi connectivity index (χ0n) is 16.6. The number of amides is 1. The highest BCUT2D eigenvalue weighted by atomic mass is 32.1. The lowest BCUT2D eigenvalue weighted by molar-refractivity contribution is -0.132. The van der Waals surface area contributed by atoms with Crippen LogP contribution in [0.5, 0.6) is 0 Å². The number of fused-ring (bicyclic) bond motifs is 1. The van der Waals surface area contributed by atoms with Crippen molar-refractivity contribution < 1.29 is 4.79 Å². The highest BCUT2D eigenvalue weighted by Crippen LogP contribution is 2.42. The summed E-state index contributed by atoms with van der Waals surface area (Å²) in [5, 5.41) is 2.10. The van der Waals surface area contributed by atoms with Gasteiger partial charge in [-0.2, -0.15) is 0 Å². The molecule has 2 aliphatic heterocycles. The van der Waals surface area contributed by atoms with Crippen LogP contribution in [-0.4, -0.2) is 45.9 Å². The Morgan fingerprint density at radius 2 is 1.96 bits per heavy atom. The average molecular weight is 399 g/mol. The molecule has 0 aromatic carbocycles. The van der Waals surface area contributed by atoms with Gasteiger partial charge in [0.05, 0.1) is 10.2 Å². The van der Waals surface area contributed by atoms with Crippen LogP contribution in [0.15, 0.2) is 17.8 Å². The molecule has 0 N–H and O–H groups in total. The maximum Gasteiger partial charge on any atom is 0.223 e. The molecule has 1 atom stereocenters. The Morgan fingerprint density at radius 3 is 2.86 bits per heavy atom. The molecule has 2 saturated heterocycles. The smallest absolute Gasteiger partial charge is 0.223 e. The van der Waals surface area contributed by atoms with Crippen molar-refractivity contribution in [3.8, 4) is 0 Å². The Labute approximate surface area is 171 Å². The van der Waals surface area contributed by atoms with Gasteiger partial charge in [-0.05, 0) is 55.9 Å². The number of aromatic nitrogens is 2. The largest absolute Gasteiger partial charge is 0.355 e. The van der Waals surface area contributed by atoms with E-state index < -0.39 is 0 Å². The summed E-state index contributed by atoms with van der Waals surface area (Å²) in [6.45, 7) is 3.01. The first-order chi connectivity index (χ1) is 13.8. The fraction of sp³-hybridized carbons (Fsp3) is 0.682. The molecule has 5 rings (SSSR count). The lowest BCUT2D eigenvalue weighted by Gasteiger charge is -2.41. The number of nitrogens with zero attached hydrogens (tertiary/aromatic N) is 4. The summed E-state index contributed by atoms with van der Waals surface area (Å²) in [5.74, 6) is 2.21. The minimum absolute atomic E-state index is 0.0882. The monoisotopic (exact) mass is 398 g/mol. The molecule has 3 aliphatic rings. The van der Waals surface area contributed by atoms with E-state index in [1.54, 1.807) is 17.7 Å². The Hall–Kier alpha value is -1.69. The maximum atomic E-state index is 12.8. The van der Waals surface area contributed by atoms with E-state index in [0.717, 1.165) is 69.0 Å². The van der Waals surface area contributed by atoms with Crippen LogP contribution in [0.4, 0.5) is 5.82 Å².